The Morgan fingerprint density at radius 1 is 1.67 bits per heavy atom. The van der Waals surface area contributed by atoms with Gasteiger partial charge in [-0.25, -0.2) is 0 Å². The second kappa shape index (κ2) is 6.13. The summed E-state index contributed by atoms with van der Waals surface area (Å²) in [4.78, 5) is 15.2. The molecule has 1 unspecified atom stereocenters. The number of hydrogen-bond donors (Lipinski definition) is 2. The molecule has 0 saturated carbocycles. The van der Waals surface area contributed by atoms with E-state index in [-0.39, 0.29) is 11.9 Å². The second-order valence-corrected chi connectivity index (χ2v) is 3.16. The van der Waals surface area contributed by atoms with Crippen molar-refractivity contribution >= 4 is 5.91 Å². The predicted molar refractivity (Wildman–Crippen MR) is 54.2 cm³/mol. The summed E-state index contributed by atoms with van der Waals surface area (Å²) in [7, 11) is 0. The molecule has 84 valence electrons. The molecule has 0 bridgehead atoms. The van der Waals surface area contributed by atoms with Gasteiger partial charge in [-0.2, -0.15) is 4.98 Å². The van der Waals surface area contributed by atoms with Gasteiger partial charge in [0.1, 0.15) is 0 Å². The van der Waals surface area contributed by atoms with Gasteiger partial charge in [-0.05, 0) is 13.8 Å². The van der Waals surface area contributed by atoms with E-state index in [1.54, 1.807) is 0 Å². The quantitative estimate of drug-likeness (QED) is 0.678. The fourth-order valence-electron chi connectivity index (χ4n) is 1.12. The maximum absolute atomic E-state index is 11.3. The fourth-order valence-corrected chi connectivity index (χ4v) is 1.12. The molecule has 2 N–H and O–H groups in total. The molecule has 1 heterocycles. The van der Waals surface area contributed by atoms with E-state index in [2.05, 4.69) is 20.8 Å². The lowest BCUT2D eigenvalue weighted by atomic mass is 10.3. The van der Waals surface area contributed by atoms with Crippen molar-refractivity contribution in [1.29, 1.82) is 0 Å². The normalized spacial score (nSPS) is 12.4. The number of nitrogens with zero attached hydrogens (tertiary/aromatic N) is 2. The number of carbonyl (C=O) groups excluding carboxylic acids is 1. The lowest BCUT2D eigenvalue weighted by Gasteiger charge is -2.11. The van der Waals surface area contributed by atoms with Crippen LogP contribution in [0.25, 0.3) is 0 Å². The number of nitrogens with one attached hydrogen (secondary N) is 2. The highest BCUT2D eigenvalue weighted by Gasteiger charge is 2.10. The van der Waals surface area contributed by atoms with Gasteiger partial charge in [-0.3, -0.25) is 4.79 Å². The maximum Gasteiger partial charge on any atom is 0.236 e. The van der Waals surface area contributed by atoms with Crippen LogP contribution in [0.2, 0.25) is 0 Å². The van der Waals surface area contributed by atoms with Crippen LogP contribution in [0.1, 0.15) is 19.7 Å². The number of aromatic nitrogens is 2. The summed E-state index contributed by atoms with van der Waals surface area (Å²) in [6.07, 6.45) is 1.99. The number of hydrogen-bond acceptors (Lipinski definition) is 5. The number of rotatable bonds is 6. The molecule has 1 amide bonds. The highest BCUT2D eigenvalue weighted by molar-refractivity contribution is 5.81. The Bertz CT molecular complexity index is 286. The highest BCUT2D eigenvalue weighted by atomic mass is 16.5. The summed E-state index contributed by atoms with van der Waals surface area (Å²) in [6, 6.07) is -0.201. The maximum atomic E-state index is 11.3. The predicted octanol–water partition coefficient (Wildman–Crippen LogP) is -0.274. The summed E-state index contributed by atoms with van der Waals surface area (Å²) < 4.78 is 4.82. The van der Waals surface area contributed by atoms with Crippen LogP contribution in [0.15, 0.2) is 10.9 Å². The van der Waals surface area contributed by atoms with E-state index in [0.29, 0.717) is 25.4 Å². The van der Waals surface area contributed by atoms with Gasteiger partial charge in [0.2, 0.25) is 11.8 Å². The van der Waals surface area contributed by atoms with E-state index in [0.717, 1.165) is 0 Å². The Morgan fingerprint density at radius 2 is 2.47 bits per heavy atom. The van der Waals surface area contributed by atoms with Crippen LogP contribution in [0.3, 0.4) is 0 Å². The topological polar surface area (TPSA) is 80.0 Å². The highest BCUT2D eigenvalue weighted by Crippen LogP contribution is 1.91. The third-order valence-electron chi connectivity index (χ3n) is 1.94. The van der Waals surface area contributed by atoms with Crippen LogP contribution in [-0.4, -0.2) is 35.2 Å². The van der Waals surface area contributed by atoms with E-state index < -0.39 is 0 Å². The third-order valence-corrected chi connectivity index (χ3v) is 1.94. The van der Waals surface area contributed by atoms with Crippen molar-refractivity contribution in [2.45, 2.75) is 26.3 Å². The van der Waals surface area contributed by atoms with Gasteiger partial charge < -0.3 is 15.2 Å². The Morgan fingerprint density at radius 3 is 3.07 bits per heavy atom. The van der Waals surface area contributed by atoms with Crippen LogP contribution in [0, 0.1) is 0 Å². The van der Waals surface area contributed by atoms with Crippen molar-refractivity contribution in [3.8, 4) is 0 Å². The molecule has 0 aliphatic rings. The first kappa shape index (κ1) is 11.6. The minimum atomic E-state index is -0.201. The molecule has 0 fully saturated rings. The molecular formula is C9H16N4O2. The first-order valence-corrected chi connectivity index (χ1v) is 5.00. The SMILES string of the molecule is CCNC(=O)C(C)NCCc1ncno1. The largest absolute Gasteiger partial charge is 0.355 e. The smallest absolute Gasteiger partial charge is 0.236 e. The van der Waals surface area contributed by atoms with Crippen molar-refractivity contribution in [2.24, 2.45) is 0 Å². The summed E-state index contributed by atoms with van der Waals surface area (Å²) in [5.74, 6) is 0.577. The minimum Gasteiger partial charge on any atom is -0.355 e. The molecule has 6 heteroatoms. The fraction of sp³-hybridized carbons (Fsp3) is 0.667. The molecule has 6 nitrogen and oxygen atoms in total. The summed E-state index contributed by atoms with van der Waals surface area (Å²) >= 11 is 0. The molecule has 15 heavy (non-hydrogen) atoms. The number of amides is 1. The molecule has 1 rings (SSSR count). The van der Waals surface area contributed by atoms with E-state index in [4.69, 9.17) is 4.52 Å². The molecule has 0 aliphatic heterocycles. The van der Waals surface area contributed by atoms with Gasteiger partial charge in [0.15, 0.2) is 6.33 Å². The Kier molecular flexibility index (Phi) is 4.76. The zero-order valence-corrected chi connectivity index (χ0v) is 8.99. The van der Waals surface area contributed by atoms with E-state index in [1.165, 1.54) is 6.33 Å². The van der Waals surface area contributed by atoms with Gasteiger partial charge in [0.25, 0.3) is 0 Å². The van der Waals surface area contributed by atoms with Gasteiger partial charge in [0, 0.05) is 19.5 Å². The van der Waals surface area contributed by atoms with E-state index >= 15 is 0 Å². The van der Waals surface area contributed by atoms with Gasteiger partial charge >= 0.3 is 0 Å². The molecule has 0 radical (unpaired) electrons. The molecule has 0 spiro atoms. The van der Waals surface area contributed by atoms with Crippen molar-refractivity contribution in [1.82, 2.24) is 20.8 Å². The average molecular weight is 212 g/mol. The molecule has 0 saturated heterocycles. The van der Waals surface area contributed by atoms with Crippen LogP contribution in [0.5, 0.6) is 0 Å². The summed E-state index contributed by atoms with van der Waals surface area (Å²) in [5.41, 5.74) is 0. The van der Waals surface area contributed by atoms with Crippen LogP contribution >= 0.6 is 0 Å². The van der Waals surface area contributed by atoms with Crippen LogP contribution in [0.4, 0.5) is 0 Å². The molecule has 1 atom stereocenters. The van der Waals surface area contributed by atoms with Crippen LogP contribution in [-0.2, 0) is 11.2 Å². The minimum absolute atomic E-state index is 0.00280. The standard InChI is InChI=1S/C9H16N4O2/c1-3-10-9(14)7(2)11-5-4-8-12-6-13-15-8/h6-7,11H,3-5H2,1-2H3,(H,10,14). The number of carbonyl (C=O) groups is 1. The zero-order chi connectivity index (χ0) is 11.1. The Labute approximate surface area is 88.4 Å². The van der Waals surface area contributed by atoms with Crippen molar-refractivity contribution in [3.63, 3.8) is 0 Å². The second-order valence-electron chi connectivity index (χ2n) is 3.16. The first-order chi connectivity index (χ1) is 7.24. The average Bonchev–Trinajstić information content (AvgIpc) is 2.71. The molecule has 1 aromatic rings. The Balaban J connectivity index is 2.17. The van der Waals surface area contributed by atoms with E-state index in [9.17, 15) is 4.79 Å². The van der Waals surface area contributed by atoms with Crippen molar-refractivity contribution in [2.75, 3.05) is 13.1 Å². The zero-order valence-electron chi connectivity index (χ0n) is 8.99. The third kappa shape index (κ3) is 4.07. The van der Waals surface area contributed by atoms with E-state index in [1.807, 2.05) is 13.8 Å². The molecule has 0 aliphatic carbocycles. The van der Waals surface area contributed by atoms with Gasteiger partial charge in [-0.15, -0.1) is 0 Å². The summed E-state index contributed by atoms with van der Waals surface area (Å²) in [5, 5.41) is 9.29. The molecular weight excluding hydrogens is 196 g/mol. The monoisotopic (exact) mass is 212 g/mol. The van der Waals surface area contributed by atoms with Crippen molar-refractivity contribution in [3.05, 3.63) is 12.2 Å². The van der Waals surface area contributed by atoms with Gasteiger partial charge in [-0.1, -0.05) is 5.16 Å². The van der Waals surface area contributed by atoms with Crippen LogP contribution < -0.4 is 10.6 Å². The summed E-state index contributed by atoms with van der Waals surface area (Å²) in [6.45, 7) is 5.00. The lowest BCUT2D eigenvalue weighted by molar-refractivity contribution is -0.122. The Hall–Kier alpha value is -1.43. The first-order valence-electron chi connectivity index (χ1n) is 5.00. The van der Waals surface area contributed by atoms with Gasteiger partial charge in [0.05, 0.1) is 6.04 Å². The molecule has 0 aromatic carbocycles. The van der Waals surface area contributed by atoms with Crippen molar-refractivity contribution < 1.29 is 9.32 Å². The lowest BCUT2D eigenvalue weighted by Crippen LogP contribution is -2.42. The number of likely N-dealkylation sites (N-methyl/N-ethyl adjacent to an activating group) is 1. The molecule has 1 aromatic heterocycles.